The van der Waals surface area contributed by atoms with E-state index in [0.29, 0.717) is 17.1 Å². The number of ether oxygens (including phenoxy) is 1. The molecule has 0 aliphatic heterocycles. The van der Waals surface area contributed by atoms with Crippen LogP contribution in [0.3, 0.4) is 0 Å². The monoisotopic (exact) mass is 379 g/mol. The number of aromatic nitrogens is 1. The number of nitrogens with one attached hydrogen (secondary N) is 2. The molecule has 28 heavy (non-hydrogen) atoms. The normalized spacial score (nSPS) is 11.0. The van der Waals surface area contributed by atoms with Crippen LogP contribution in [0.25, 0.3) is 11.3 Å². The van der Waals surface area contributed by atoms with Crippen LogP contribution in [0.4, 0.5) is 16.2 Å². The topological polar surface area (TPSA) is 93.5 Å². The van der Waals surface area contributed by atoms with Crippen LogP contribution in [0.2, 0.25) is 0 Å². The van der Waals surface area contributed by atoms with Gasteiger partial charge in [-0.15, -0.1) is 0 Å². The van der Waals surface area contributed by atoms with Gasteiger partial charge in [-0.2, -0.15) is 0 Å². The van der Waals surface area contributed by atoms with Crippen molar-refractivity contribution in [3.63, 3.8) is 0 Å². The standard InChI is InChI=1S/C21H21N3O4/c1-21(2,3)27-20(26)23-16-11-9-15(10-12-16)22-19(25)18-13-17(24-28-18)14-7-5-4-6-8-14/h4-13H,1-3H3,(H,22,25)(H,23,26). The van der Waals surface area contributed by atoms with Gasteiger partial charge in [0.1, 0.15) is 11.3 Å². The number of carbonyl (C=O) groups excluding carboxylic acids is 2. The number of carbonyl (C=O) groups is 2. The molecule has 1 heterocycles. The minimum Gasteiger partial charge on any atom is -0.444 e. The van der Waals surface area contributed by atoms with Gasteiger partial charge in [0.2, 0.25) is 5.76 Å². The third kappa shape index (κ3) is 5.20. The summed E-state index contributed by atoms with van der Waals surface area (Å²) in [6.45, 7) is 5.37. The number of hydrogen-bond donors (Lipinski definition) is 2. The van der Waals surface area contributed by atoms with E-state index in [2.05, 4.69) is 15.8 Å². The van der Waals surface area contributed by atoms with E-state index >= 15 is 0 Å². The molecule has 2 aromatic carbocycles. The number of nitrogens with zero attached hydrogens (tertiary/aromatic N) is 1. The maximum absolute atomic E-state index is 12.3. The van der Waals surface area contributed by atoms with Crippen LogP contribution in [-0.2, 0) is 4.74 Å². The van der Waals surface area contributed by atoms with Crippen molar-refractivity contribution in [2.75, 3.05) is 10.6 Å². The largest absolute Gasteiger partial charge is 0.444 e. The first-order valence-corrected chi connectivity index (χ1v) is 8.74. The van der Waals surface area contributed by atoms with E-state index in [4.69, 9.17) is 9.26 Å². The van der Waals surface area contributed by atoms with Crippen molar-refractivity contribution in [3.05, 3.63) is 66.4 Å². The van der Waals surface area contributed by atoms with Gasteiger partial charge in [0.25, 0.3) is 5.91 Å². The van der Waals surface area contributed by atoms with Crippen LogP contribution < -0.4 is 10.6 Å². The number of rotatable bonds is 4. The van der Waals surface area contributed by atoms with E-state index in [1.165, 1.54) is 0 Å². The van der Waals surface area contributed by atoms with Crippen LogP contribution in [0.5, 0.6) is 0 Å². The summed E-state index contributed by atoms with van der Waals surface area (Å²) < 4.78 is 10.3. The first-order valence-electron chi connectivity index (χ1n) is 8.74. The molecule has 0 unspecified atom stereocenters. The van der Waals surface area contributed by atoms with Gasteiger partial charge in [0.15, 0.2) is 0 Å². The van der Waals surface area contributed by atoms with Gasteiger partial charge >= 0.3 is 6.09 Å². The van der Waals surface area contributed by atoms with Crippen molar-refractivity contribution in [1.29, 1.82) is 0 Å². The number of amides is 2. The Morgan fingerprint density at radius 3 is 2.14 bits per heavy atom. The van der Waals surface area contributed by atoms with Gasteiger partial charge in [-0.3, -0.25) is 10.1 Å². The first kappa shape index (κ1) is 19.2. The minimum atomic E-state index is -0.576. The van der Waals surface area contributed by atoms with E-state index in [1.807, 2.05) is 30.3 Å². The fourth-order valence-electron chi connectivity index (χ4n) is 2.38. The van der Waals surface area contributed by atoms with E-state index < -0.39 is 17.6 Å². The van der Waals surface area contributed by atoms with Gasteiger partial charge in [0, 0.05) is 23.0 Å². The highest BCUT2D eigenvalue weighted by Crippen LogP contribution is 2.20. The van der Waals surface area contributed by atoms with Crippen LogP contribution >= 0.6 is 0 Å². The maximum atomic E-state index is 12.3. The summed E-state index contributed by atoms with van der Waals surface area (Å²) in [5.41, 5.74) is 1.98. The Morgan fingerprint density at radius 1 is 0.929 bits per heavy atom. The highest BCUT2D eigenvalue weighted by molar-refractivity contribution is 6.02. The predicted molar refractivity (Wildman–Crippen MR) is 106 cm³/mol. The number of anilines is 2. The zero-order valence-corrected chi connectivity index (χ0v) is 15.9. The minimum absolute atomic E-state index is 0.106. The van der Waals surface area contributed by atoms with Gasteiger partial charge in [-0.25, -0.2) is 4.79 Å². The fourth-order valence-corrected chi connectivity index (χ4v) is 2.38. The van der Waals surface area contributed by atoms with Crippen LogP contribution in [0.1, 0.15) is 31.3 Å². The Hall–Kier alpha value is -3.61. The second kappa shape index (κ2) is 7.96. The molecule has 0 saturated heterocycles. The lowest BCUT2D eigenvalue weighted by molar-refractivity contribution is 0.0635. The van der Waals surface area contributed by atoms with E-state index in [0.717, 1.165) is 5.56 Å². The molecular weight excluding hydrogens is 358 g/mol. The summed E-state index contributed by atoms with van der Waals surface area (Å²) in [7, 11) is 0. The molecular formula is C21H21N3O4. The van der Waals surface area contributed by atoms with Gasteiger partial charge < -0.3 is 14.6 Å². The zero-order valence-electron chi connectivity index (χ0n) is 15.9. The summed E-state index contributed by atoms with van der Waals surface area (Å²) in [4.78, 5) is 24.1. The summed E-state index contributed by atoms with van der Waals surface area (Å²) >= 11 is 0. The summed E-state index contributed by atoms with van der Waals surface area (Å²) in [5, 5.41) is 9.28. The Bertz CT molecular complexity index is 957. The summed E-state index contributed by atoms with van der Waals surface area (Å²) in [5.74, 6) is -0.308. The Labute approximate surface area is 162 Å². The van der Waals surface area contributed by atoms with Crippen molar-refractivity contribution in [2.45, 2.75) is 26.4 Å². The lowest BCUT2D eigenvalue weighted by Gasteiger charge is -2.19. The van der Waals surface area contributed by atoms with Crippen molar-refractivity contribution in [2.24, 2.45) is 0 Å². The fraction of sp³-hybridized carbons (Fsp3) is 0.190. The second-order valence-electron chi connectivity index (χ2n) is 7.10. The highest BCUT2D eigenvalue weighted by atomic mass is 16.6. The van der Waals surface area contributed by atoms with Crippen molar-refractivity contribution < 1.29 is 18.8 Å². The third-order valence-corrected chi connectivity index (χ3v) is 3.59. The molecule has 7 heteroatoms. The van der Waals surface area contributed by atoms with Gasteiger partial charge in [-0.05, 0) is 45.0 Å². The quantitative estimate of drug-likeness (QED) is 0.669. The molecule has 0 atom stereocenters. The summed E-state index contributed by atoms with van der Waals surface area (Å²) in [6.07, 6.45) is -0.542. The SMILES string of the molecule is CC(C)(C)OC(=O)Nc1ccc(NC(=O)c2cc(-c3ccccc3)no2)cc1. The lowest BCUT2D eigenvalue weighted by Crippen LogP contribution is -2.27. The Balaban J connectivity index is 1.60. The van der Waals surface area contributed by atoms with Crippen LogP contribution in [0.15, 0.2) is 65.2 Å². The molecule has 3 aromatic rings. The average Bonchev–Trinajstić information content (AvgIpc) is 3.13. The van der Waals surface area contributed by atoms with Gasteiger partial charge in [-0.1, -0.05) is 35.5 Å². The number of benzene rings is 2. The first-order chi connectivity index (χ1) is 13.3. The molecule has 0 saturated carbocycles. The smallest absolute Gasteiger partial charge is 0.412 e. The zero-order chi connectivity index (χ0) is 20.1. The molecule has 0 bridgehead atoms. The van der Waals surface area contributed by atoms with E-state index in [1.54, 1.807) is 51.1 Å². The Morgan fingerprint density at radius 2 is 1.54 bits per heavy atom. The molecule has 0 aliphatic rings. The maximum Gasteiger partial charge on any atom is 0.412 e. The third-order valence-electron chi connectivity index (χ3n) is 3.59. The molecule has 7 nitrogen and oxygen atoms in total. The van der Waals surface area contributed by atoms with E-state index in [9.17, 15) is 9.59 Å². The average molecular weight is 379 g/mol. The van der Waals surface area contributed by atoms with E-state index in [-0.39, 0.29) is 5.76 Å². The highest BCUT2D eigenvalue weighted by Gasteiger charge is 2.17. The lowest BCUT2D eigenvalue weighted by atomic mass is 10.1. The molecule has 1 aromatic heterocycles. The van der Waals surface area contributed by atoms with Gasteiger partial charge in [0.05, 0.1) is 0 Å². The van der Waals surface area contributed by atoms with Crippen molar-refractivity contribution >= 4 is 23.4 Å². The molecule has 0 fully saturated rings. The molecule has 144 valence electrons. The Kier molecular flexibility index (Phi) is 5.44. The summed E-state index contributed by atoms with van der Waals surface area (Å²) in [6, 6.07) is 17.7. The number of hydrogen-bond acceptors (Lipinski definition) is 5. The molecule has 3 rings (SSSR count). The van der Waals surface area contributed by atoms with Crippen molar-refractivity contribution in [1.82, 2.24) is 5.16 Å². The molecule has 2 amide bonds. The molecule has 0 spiro atoms. The van der Waals surface area contributed by atoms with Crippen LogP contribution in [0, 0.1) is 0 Å². The predicted octanol–water partition coefficient (Wildman–Crippen LogP) is 4.94. The van der Waals surface area contributed by atoms with Crippen molar-refractivity contribution in [3.8, 4) is 11.3 Å². The van der Waals surface area contributed by atoms with Crippen LogP contribution in [-0.4, -0.2) is 22.8 Å². The second-order valence-corrected chi connectivity index (χ2v) is 7.10. The molecule has 0 radical (unpaired) electrons. The molecule has 2 N–H and O–H groups in total. The molecule has 0 aliphatic carbocycles.